The molecule has 1 aliphatic rings. The first-order valence-corrected chi connectivity index (χ1v) is 12.2. The fourth-order valence-corrected chi connectivity index (χ4v) is 3.70. The van der Waals surface area contributed by atoms with Crippen LogP contribution < -0.4 is 0 Å². The predicted molar refractivity (Wildman–Crippen MR) is 132 cm³/mol. The molecule has 0 fully saturated rings. The molecule has 0 aromatic heterocycles. The molecular weight excluding hydrogens is 452 g/mol. The van der Waals surface area contributed by atoms with Gasteiger partial charge in [0.15, 0.2) is 5.78 Å². The van der Waals surface area contributed by atoms with Crippen LogP contribution in [0.5, 0.6) is 0 Å². The number of carbonyl (C=O) groups is 3. The van der Waals surface area contributed by atoms with E-state index in [4.69, 9.17) is 9.47 Å². The number of carbonyl (C=O) groups excluding carboxylic acids is 3. The molecule has 0 aromatic carbocycles. The Kier molecular flexibility index (Phi) is 12.0. The van der Waals surface area contributed by atoms with Crippen molar-refractivity contribution >= 4 is 17.7 Å². The molecule has 0 saturated heterocycles. The Morgan fingerprint density at radius 2 is 2.03 bits per heavy atom. The van der Waals surface area contributed by atoms with Crippen molar-refractivity contribution in [1.29, 1.82) is 0 Å². The van der Waals surface area contributed by atoms with Crippen LogP contribution in [0.15, 0.2) is 36.5 Å². The van der Waals surface area contributed by atoms with E-state index in [1.165, 1.54) is 26.8 Å². The van der Waals surface area contributed by atoms with Gasteiger partial charge in [-0.05, 0) is 57.3 Å². The monoisotopic (exact) mass is 494 g/mol. The lowest BCUT2D eigenvalue weighted by atomic mass is 9.89. The van der Waals surface area contributed by atoms with Crippen LogP contribution >= 0.6 is 0 Å². The van der Waals surface area contributed by atoms with Gasteiger partial charge in [0.2, 0.25) is 0 Å². The molecule has 198 valence electrons. The number of esters is 2. The first-order chi connectivity index (χ1) is 16.2. The van der Waals surface area contributed by atoms with Gasteiger partial charge in [0, 0.05) is 19.3 Å². The number of ether oxygens (including phenoxy) is 2. The maximum Gasteiger partial charge on any atom is 0.309 e. The molecule has 0 saturated carbocycles. The fourth-order valence-electron chi connectivity index (χ4n) is 3.70. The standard InChI is InChI=1S/C27H42O8/c1-7-23(30)26(5,32)15-8-9-18(2)10-12-22-19(3)11-13-24(34-20(4)28)27(6,33)16-14-21(29)17-25(31)35-22/h8,10-13,15,18-19,21-22,24,29,32-33H,7,9,14,16-17H2,1-6H3/b12-10+,13-11+,15-8+. The Balaban J connectivity index is 3.05. The van der Waals surface area contributed by atoms with Crippen LogP contribution in [0.1, 0.15) is 73.6 Å². The van der Waals surface area contributed by atoms with E-state index < -0.39 is 41.5 Å². The summed E-state index contributed by atoms with van der Waals surface area (Å²) in [6.45, 7) is 9.74. The summed E-state index contributed by atoms with van der Waals surface area (Å²) in [5, 5.41) is 31.3. The average molecular weight is 495 g/mol. The van der Waals surface area contributed by atoms with E-state index in [-0.39, 0.29) is 43.3 Å². The van der Waals surface area contributed by atoms with Crippen molar-refractivity contribution in [2.75, 3.05) is 0 Å². The highest BCUT2D eigenvalue weighted by Gasteiger charge is 2.34. The van der Waals surface area contributed by atoms with Gasteiger partial charge in [-0.25, -0.2) is 0 Å². The molecule has 0 aromatic rings. The van der Waals surface area contributed by atoms with E-state index in [0.29, 0.717) is 6.42 Å². The molecule has 1 aliphatic heterocycles. The number of Topliss-reactive ketones (excluding diaryl/α,β-unsaturated/α-hetero) is 1. The number of aliphatic hydroxyl groups is 3. The lowest BCUT2D eigenvalue weighted by Crippen LogP contribution is -2.42. The quantitative estimate of drug-likeness (QED) is 0.346. The van der Waals surface area contributed by atoms with Gasteiger partial charge >= 0.3 is 11.9 Å². The van der Waals surface area contributed by atoms with Gasteiger partial charge in [-0.3, -0.25) is 14.4 Å². The minimum absolute atomic E-state index is 0.0233. The summed E-state index contributed by atoms with van der Waals surface area (Å²) >= 11 is 0. The van der Waals surface area contributed by atoms with Gasteiger partial charge in [0.05, 0.1) is 12.5 Å². The zero-order valence-corrected chi connectivity index (χ0v) is 21.8. The number of rotatable bonds is 8. The van der Waals surface area contributed by atoms with Crippen LogP contribution in [0.25, 0.3) is 0 Å². The molecular formula is C27H42O8. The molecule has 3 N–H and O–H groups in total. The molecule has 8 heteroatoms. The number of cyclic esters (lactones) is 1. The normalized spacial score (nSPS) is 32.2. The number of ketones is 1. The Morgan fingerprint density at radius 3 is 2.63 bits per heavy atom. The molecule has 0 aliphatic carbocycles. The molecule has 0 amide bonds. The zero-order chi connectivity index (χ0) is 26.8. The highest BCUT2D eigenvalue weighted by molar-refractivity contribution is 5.88. The molecule has 7 unspecified atom stereocenters. The second kappa shape index (κ2) is 13.7. The summed E-state index contributed by atoms with van der Waals surface area (Å²) < 4.78 is 10.9. The first kappa shape index (κ1) is 30.7. The van der Waals surface area contributed by atoms with E-state index in [2.05, 4.69) is 0 Å². The largest absolute Gasteiger partial charge is 0.457 e. The average Bonchev–Trinajstić information content (AvgIpc) is 2.76. The highest BCUT2D eigenvalue weighted by Crippen LogP contribution is 2.26. The second-order valence-electron chi connectivity index (χ2n) is 9.91. The van der Waals surface area contributed by atoms with Crippen LogP contribution in [0.2, 0.25) is 0 Å². The Bertz CT molecular complexity index is 808. The Labute approximate surface area is 208 Å². The number of allylic oxidation sites excluding steroid dienone is 2. The van der Waals surface area contributed by atoms with Crippen LogP contribution in [0.4, 0.5) is 0 Å². The molecule has 1 heterocycles. The maximum atomic E-state index is 12.4. The minimum atomic E-state index is -1.50. The van der Waals surface area contributed by atoms with Gasteiger partial charge in [0.1, 0.15) is 23.4 Å². The molecule has 8 nitrogen and oxygen atoms in total. The number of aliphatic hydroxyl groups excluding tert-OH is 1. The predicted octanol–water partition coefficient (Wildman–Crippen LogP) is 3.19. The third-order valence-corrected chi connectivity index (χ3v) is 6.13. The topological polar surface area (TPSA) is 130 Å². The Morgan fingerprint density at radius 1 is 1.37 bits per heavy atom. The van der Waals surface area contributed by atoms with Crippen LogP contribution in [0.3, 0.4) is 0 Å². The van der Waals surface area contributed by atoms with Crippen molar-refractivity contribution < 1.29 is 39.2 Å². The molecule has 0 bridgehead atoms. The van der Waals surface area contributed by atoms with E-state index >= 15 is 0 Å². The summed E-state index contributed by atoms with van der Waals surface area (Å²) in [6, 6.07) is 0. The van der Waals surface area contributed by atoms with E-state index in [0.717, 1.165) is 0 Å². The summed E-state index contributed by atoms with van der Waals surface area (Å²) in [6.07, 6.45) is 8.50. The lowest BCUT2D eigenvalue weighted by molar-refractivity contribution is -0.157. The third kappa shape index (κ3) is 10.9. The molecule has 7 atom stereocenters. The van der Waals surface area contributed by atoms with Gasteiger partial charge in [-0.2, -0.15) is 0 Å². The van der Waals surface area contributed by atoms with Crippen LogP contribution in [-0.4, -0.2) is 62.6 Å². The van der Waals surface area contributed by atoms with Crippen molar-refractivity contribution in [3.63, 3.8) is 0 Å². The Hall–Kier alpha value is -2.29. The number of hydrogen-bond donors (Lipinski definition) is 3. The zero-order valence-electron chi connectivity index (χ0n) is 21.8. The summed E-state index contributed by atoms with van der Waals surface area (Å²) in [4.78, 5) is 35.8. The highest BCUT2D eigenvalue weighted by atomic mass is 16.6. The fraction of sp³-hybridized carbons (Fsp3) is 0.667. The van der Waals surface area contributed by atoms with Gasteiger partial charge < -0.3 is 24.8 Å². The summed E-state index contributed by atoms with van der Waals surface area (Å²) in [7, 11) is 0. The third-order valence-electron chi connectivity index (χ3n) is 6.13. The van der Waals surface area contributed by atoms with Crippen molar-refractivity contribution in [1.82, 2.24) is 0 Å². The molecule has 1 rings (SSSR count). The summed E-state index contributed by atoms with van der Waals surface area (Å²) in [5.74, 6) is -1.64. The van der Waals surface area contributed by atoms with E-state index in [1.807, 2.05) is 19.9 Å². The van der Waals surface area contributed by atoms with Crippen molar-refractivity contribution in [3.05, 3.63) is 36.5 Å². The number of hydrogen-bond acceptors (Lipinski definition) is 8. The maximum absolute atomic E-state index is 12.4. The van der Waals surface area contributed by atoms with E-state index in [1.54, 1.807) is 31.2 Å². The summed E-state index contributed by atoms with van der Waals surface area (Å²) in [5.41, 5.74) is -2.92. The van der Waals surface area contributed by atoms with Crippen molar-refractivity contribution in [3.8, 4) is 0 Å². The van der Waals surface area contributed by atoms with Gasteiger partial charge in [-0.1, -0.05) is 39.0 Å². The van der Waals surface area contributed by atoms with E-state index in [9.17, 15) is 29.7 Å². The SMILES string of the molecule is CCC(=O)C(C)(O)/C=C/CC(C)/C=C/C1OC(=O)CC(O)CCC(C)(O)C(OC(C)=O)/C=C/C1C. The second-order valence-corrected chi connectivity index (χ2v) is 9.91. The molecule has 35 heavy (non-hydrogen) atoms. The molecule has 0 spiro atoms. The molecule has 0 radical (unpaired) electrons. The van der Waals surface area contributed by atoms with Crippen molar-refractivity contribution in [2.24, 2.45) is 11.8 Å². The lowest BCUT2D eigenvalue weighted by Gasteiger charge is -2.32. The smallest absolute Gasteiger partial charge is 0.309 e. The minimum Gasteiger partial charge on any atom is -0.457 e. The van der Waals surface area contributed by atoms with Crippen LogP contribution in [0, 0.1) is 11.8 Å². The van der Waals surface area contributed by atoms with Crippen molar-refractivity contribution in [2.45, 2.75) is 103 Å². The van der Waals surface area contributed by atoms with Crippen LogP contribution in [-0.2, 0) is 23.9 Å². The first-order valence-electron chi connectivity index (χ1n) is 12.2. The van der Waals surface area contributed by atoms with Gasteiger partial charge in [0.25, 0.3) is 0 Å². The van der Waals surface area contributed by atoms with Gasteiger partial charge in [-0.15, -0.1) is 0 Å².